The monoisotopic (exact) mass is 280 g/mol. The maximum absolute atomic E-state index is 11.6. The molecule has 1 unspecified atom stereocenters. The third kappa shape index (κ3) is 6.08. The maximum Gasteiger partial charge on any atom is 0.319 e. The number of carbonyl (C=O) groups is 2. The van der Waals surface area contributed by atoms with Gasteiger partial charge in [0, 0.05) is 18.7 Å². The van der Waals surface area contributed by atoms with Gasteiger partial charge in [-0.25, -0.2) is 4.79 Å². The number of carboxylic acid groups (broad SMARTS) is 1. The van der Waals surface area contributed by atoms with E-state index in [1.54, 1.807) is 31.4 Å². The van der Waals surface area contributed by atoms with Crippen molar-refractivity contribution in [3.05, 3.63) is 24.3 Å². The lowest BCUT2D eigenvalue weighted by atomic mass is 10.1. The summed E-state index contributed by atoms with van der Waals surface area (Å²) in [5.41, 5.74) is 0.668. The van der Waals surface area contributed by atoms with E-state index in [9.17, 15) is 9.59 Å². The third-order valence-electron chi connectivity index (χ3n) is 2.81. The Morgan fingerprint density at radius 2 is 1.95 bits per heavy atom. The molecule has 0 radical (unpaired) electrons. The van der Waals surface area contributed by atoms with Crippen molar-refractivity contribution in [2.45, 2.75) is 19.8 Å². The minimum atomic E-state index is -0.820. The van der Waals surface area contributed by atoms with Crippen LogP contribution in [0.3, 0.4) is 0 Å². The van der Waals surface area contributed by atoms with E-state index < -0.39 is 5.97 Å². The van der Waals surface area contributed by atoms with Crippen LogP contribution in [0.4, 0.5) is 10.5 Å². The molecule has 1 atom stereocenters. The second kappa shape index (κ2) is 8.04. The number of methoxy groups -OCH3 is 1. The highest BCUT2D eigenvalue weighted by Crippen LogP contribution is 2.14. The molecule has 0 aromatic heterocycles. The van der Waals surface area contributed by atoms with Crippen molar-refractivity contribution >= 4 is 17.7 Å². The molecule has 1 aromatic carbocycles. The second-order valence-corrected chi connectivity index (χ2v) is 4.60. The summed E-state index contributed by atoms with van der Waals surface area (Å²) in [7, 11) is 1.58. The summed E-state index contributed by atoms with van der Waals surface area (Å²) >= 11 is 0. The first-order valence-electron chi connectivity index (χ1n) is 6.42. The standard InChI is InChI=1S/C14H20N2O4/c1-10(3-8-13(17)18)9-15-14(19)16-11-4-6-12(20-2)7-5-11/h4-7,10H,3,8-9H2,1-2H3,(H,17,18)(H2,15,16,19). The molecule has 20 heavy (non-hydrogen) atoms. The first-order chi connectivity index (χ1) is 9.51. The molecule has 2 amide bonds. The van der Waals surface area contributed by atoms with Crippen molar-refractivity contribution in [1.82, 2.24) is 5.32 Å². The summed E-state index contributed by atoms with van der Waals surface area (Å²) in [5, 5.41) is 14.0. The number of hydrogen-bond donors (Lipinski definition) is 3. The van der Waals surface area contributed by atoms with Crippen LogP contribution in [0.2, 0.25) is 0 Å². The van der Waals surface area contributed by atoms with Crippen LogP contribution in [0.1, 0.15) is 19.8 Å². The largest absolute Gasteiger partial charge is 0.497 e. The van der Waals surface area contributed by atoms with E-state index >= 15 is 0 Å². The van der Waals surface area contributed by atoms with Crippen LogP contribution in [0.5, 0.6) is 5.75 Å². The number of amides is 2. The molecule has 0 saturated heterocycles. The quantitative estimate of drug-likeness (QED) is 0.715. The van der Waals surface area contributed by atoms with Gasteiger partial charge in [-0.2, -0.15) is 0 Å². The van der Waals surface area contributed by atoms with E-state index in [0.29, 0.717) is 18.7 Å². The number of ether oxygens (including phenoxy) is 1. The SMILES string of the molecule is COc1ccc(NC(=O)NCC(C)CCC(=O)O)cc1. The van der Waals surface area contributed by atoms with Gasteiger partial charge in [0.25, 0.3) is 0 Å². The zero-order valence-electron chi connectivity index (χ0n) is 11.7. The molecule has 0 aliphatic carbocycles. The minimum absolute atomic E-state index is 0.114. The Balaban J connectivity index is 2.30. The number of hydrogen-bond acceptors (Lipinski definition) is 3. The van der Waals surface area contributed by atoms with Gasteiger partial charge < -0.3 is 20.5 Å². The summed E-state index contributed by atoms with van der Waals surface area (Å²) in [6.07, 6.45) is 0.654. The van der Waals surface area contributed by atoms with Crippen molar-refractivity contribution < 1.29 is 19.4 Å². The van der Waals surface area contributed by atoms with Crippen LogP contribution in [-0.4, -0.2) is 30.8 Å². The molecule has 1 aromatic rings. The third-order valence-corrected chi connectivity index (χ3v) is 2.81. The van der Waals surface area contributed by atoms with Gasteiger partial charge in [0.2, 0.25) is 0 Å². The van der Waals surface area contributed by atoms with Gasteiger partial charge >= 0.3 is 12.0 Å². The summed E-state index contributed by atoms with van der Waals surface area (Å²) in [4.78, 5) is 22.1. The molecule has 0 aliphatic heterocycles. The van der Waals surface area contributed by atoms with Crippen molar-refractivity contribution in [2.75, 3.05) is 19.0 Å². The first kappa shape index (κ1) is 15.8. The number of anilines is 1. The smallest absolute Gasteiger partial charge is 0.319 e. The molecule has 6 heteroatoms. The molecular formula is C14H20N2O4. The fourth-order valence-electron chi connectivity index (χ4n) is 1.59. The zero-order chi connectivity index (χ0) is 15.0. The summed E-state index contributed by atoms with van der Waals surface area (Å²) < 4.78 is 5.02. The maximum atomic E-state index is 11.6. The highest BCUT2D eigenvalue weighted by atomic mass is 16.5. The number of urea groups is 1. The number of aliphatic carboxylic acids is 1. The van der Waals surface area contributed by atoms with Crippen LogP contribution in [0.15, 0.2) is 24.3 Å². The fourth-order valence-corrected chi connectivity index (χ4v) is 1.59. The Hall–Kier alpha value is -2.24. The average Bonchev–Trinajstić information content (AvgIpc) is 2.43. The van der Waals surface area contributed by atoms with E-state index in [1.165, 1.54) is 0 Å². The van der Waals surface area contributed by atoms with Crippen LogP contribution < -0.4 is 15.4 Å². The van der Waals surface area contributed by atoms with Crippen molar-refractivity contribution in [1.29, 1.82) is 0 Å². The molecular weight excluding hydrogens is 260 g/mol. The lowest BCUT2D eigenvalue weighted by Gasteiger charge is -2.12. The number of rotatable bonds is 7. The Morgan fingerprint density at radius 1 is 1.30 bits per heavy atom. The highest BCUT2D eigenvalue weighted by molar-refractivity contribution is 5.89. The summed E-state index contributed by atoms with van der Waals surface area (Å²) in [6, 6.07) is 6.69. The molecule has 1 rings (SSSR count). The van der Waals surface area contributed by atoms with E-state index in [0.717, 1.165) is 5.75 Å². The summed E-state index contributed by atoms with van der Waals surface area (Å²) in [6.45, 7) is 2.34. The van der Waals surface area contributed by atoms with Gasteiger partial charge in [-0.1, -0.05) is 6.92 Å². The molecule has 0 saturated carbocycles. The van der Waals surface area contributed by atoms with Gasteiger partial charge in [-0.15, -0.1) is 0 Å². The molecule has 0 spiro atoms. The van der Waals surface area contributed by atoms with Gasteiger partial charge in [0.15, 0.2) is 0 Å². The van der Waals surface area contributed by atoms with E-state index in [4.69, 9.17) is 9.84 Å². The van der Waals surface area contributed by atoms with Crippen LogP contribution in [0, 0.1) is 5.92 Å². The van der Waals surface area contributed by atoms with Crippen molar-refractivity contribution in [2.24, 2.45) is 5.92 Å². The first-order valence-corrected chi connectivity index (χ1v) is 6.42. The molecule has 0 aliphatic rings. The molecule has 0 heterocycles. The van der Waals surface area contributed by atoms with E-state index in [1.807, 2.05) is 6.92 Å². The van der Waals surface area contributed by atoms with Crippen molar-refractivity contribution in [3.63, 3.8) is 0 Å². The van der Waals surface area contributed by atoms with E-state index in [2.05, 4.69) is 10.6 Å². The molecule has 3 N–H and O–H groups in total. The highest BCUT2D eigenvalue weighted by Gasteiger charge is 2.07. The molecule has 0 fully saturated rings. The second-order valence-electron chi connectivity index (χ2n) is 4.60. The number of nitrogens with one attached hydrogen (secondary N) is 2. The Labute approximate surface area is 118 Å². The number of carbonyl (C=O) groups excluding carboxylic acids is 1. The Morgan fingerprint density at radius 3 is 2.50 bits per heavy atom. The topological polar surface area (TPSA) is 87.7 Å². The number of carboxylic acids is 1. The van der Waals surface area contributed by atoms with Crippen LogP contribution >= 0.6 is 0 Å². The van der Waals surface area contributed by atoms with Crippen molar-refractivity contribution in [3.8, 4) is 5.75 Å². The minimum Gasteiger partial charge on any atom is -0.497 e. The predicted octanol–water partition coefficient (Wildman–Crippen LogP) is 2.32. The van der Waals surface area contributed by atoms with Crippen LogP contribution in [0.25, 0.3) is 0 Å². The normalized spacial score (nSPS) is 11.5. The van der Waals surface area contributed by atoms with Gasteiger partial charge in [-0.05, 0) is 36.6 Å². The average molecular weight is 280 g/mol. The molecule has 6 nitrogen and oxygen atoms in total. The fraction of sp³-hybridized carbons (Fsp3) is 0.429. The number of benzene rings is 1. The van der Waals surface area contributed by atoms with Gasteiger partial charge in [0.1, 0.15) is 5.75 Å². The Kier molecular flexibility index (Phi) is 6.36. The van der Waals surface area contributed by atoms with Crippen LogP contribution in [-0.2, 0) is 4.79 Å². The summed E-state index contributed by atoms with van der Waals surface area (Å²) in [5.74, 6) is 0.0190. The van der Waals surface area contributed by atoms with Gasteiger partial charge in [0.05, 0.1) is 7.11 Å². The lowest BCUT2D eigenvalue weighted by molar-refractivity contribution is -0.137. The lowest BCUT2D eigenvalue weighted by Crippen LogP contribution is -2.32. The van der Waals surface area contributed by atoms with E-state index in [-0.39, 0.29) is 18.4 Å². The molecule has 0 bridgehead atoms. The zero-order valence-corrected chi connectivity index (χ0v) is 11.7. The molecule has 110 valence electrons. The Bertz CT molecular complexity index is 445. The van der Waals surface area contributed by atoms with Gasteiger partial charge in [-0.3, -0.25) is 4.79 Å². The predicted molar refractivity (Wildman–Crippen MR) is 76.0 cm³/mol.